The van der Waals surface area contributed by atoms with Crippen LogP contribution in [0.3, 0.4) is 0 Å². The summed E-state index contributed by atoms with van der Waals surface area (Å²) in [5.74, 6) is -1.32. The molecule has 1 N–H and O–H groups in total. The number of nitrogens with zero attached hydrogens (tertiary/aromatic N) is 1. The molecule has 5 heteroatoms. The van der Waals surface area contributed by atoms with Crippen molar-refractivity contribution in [1.29, 1.82) is 0 Å². The number of methoxy groups -OCH3 is 1. The Bertz CT molecular complexity index is 409. The Balaban J connectivity index is 3.50. The van der Waals surface area contributed by atoms with Gasteiger partial charge in [-0.05, 0) is 32.1 Å². The zero-order valence-corrected chi connectivity index (χ0v) is 17.8. The minimum atomic E-state index is -1.19. The van der Waals surface area contributed by atoms with Gasteiger partial charge in [0.1, 0.15) is 0 Å². The highest BCUT2D eigenvalue weighted by Gasteiger charge is 2.25. The molecule has 0 aromatic heterocycles. The standard InChI is InChI=1S/C22H41NO4/c1-4-5-6-7-8-9-10-11-12-13-14-15-16-17-18-19-20(24)23(2)21(27-3)22(25)26/h11-12,21H,4-10,13-19H2,1-3H3,(H,25,26)/b12-11-. The highest BCUT2D eigenvalue weighted by molar-refractivity contribution is 5.82. The average Bonchev–Trinajstić information content (AvgIpc) is 2.64. The molecule has 0 radical (unpaired) electrons. The van der Waals surface area contributed by atoms with E-state index in [9.17, 15) is 9.59 Å². The smallest absolute Gasteiger partial charge is 0.354 e. The topological polar surface area (TPSA) is 66.8 Å². The van der Waals surface area contributed by atoms with Crippen molar-refractivity contribution in [2.75, 3.05) is 14.2 Å². The maximum Gasteiger partial charge on any atom is 0.354 e. The lowest BCUT2D eigenvalue weighted by Gasteiger charge is -2.23. The fourth-order valence-electron chi connectivity index (χ4n) is 3.08. The summed E-state index contributed by atoms with van der Waals surface area (Å²) >= 11 is 0. The zero-order chi connectivity index (χ0) is 20.3. The molecular weight excluding hydrogens is 342 g/mol. The predicted octanol–water partition coefficient (Wildman–Crippen LogP) is 5.54. The highest BCUT2D eigenvalue weighted by atomic mass is 16.5. The largest absolute Gasteiger partial charge is 0.478 e. The van der Waals surface area contributed by atoms with Gasteiger partial charge >= 0.3 is 5.97 Å². The summed E-state index contributed by atoms with van der Waals surface area (Å²) in [6.07, 6.45) is 19.6. The van der Waals surface area contributed by atoms with E-state index in [0.29, 0.717) is 6.42 Å². The molecule has 0 saturated heterocycles. The first-order valence-electron chi connectivity index (χ1n) is 10.7. The normalized spacial score (nSPS) is 12.4. The zero-order valence-electron chi connectivity index (χ0n) is 17.8. The third-order valence-electron chi connectivity index (χ3n) is 4.83. The van der Waals surface area contributed by atoms with Crippen LogP contribution in [0, 0.1) is 0 Å². The van der Waals surface area contributed by atoms with Crippen molar-refractivity contribution in [3.63, 3.8) is 0 Å². The van der Waals surface area contributed by atoms with E-state index < -0.39 is 12.2 Å². The van der Waals surface area contributed by atoms with E-state index in [1.807, 2.05) is 0 Å². The fraction of sp³-hybridized carbons (Fsp3) is 0.818. The Labute approximate surface area is 166 Å². The van der Waals surface area contributed by atoms with Crippen LogP contribution in [-0.2, 0) is 14.3 Å². The van der Waals surface area contributed by atoms with Gasteiger partial charge in [0.2, 0.25) is 12.1 Å². The Morgan fingerprint density at radius 2 is 1.37 bits per heavy atom. The van der Waals surface area contributed by atoms with E-state index in [1.165, 1.54) is 71.9 Å². The van der Waals surface area contributed by atoms with E-state index in [2.05, 4.69) is 19.1 Å². The van der Waals surface area contributed by atoms with Crippen LogP contribution in [0.4, 0.5) is 0 Å². The molecule has 0 aliphatic rings. The molecule has 1 amide bonds. The van der Waals surface area contributed by atoms with Crippen LogP contribution in [0.25, 0.3) is 0 Å². The third-order valence-corrected chi connectivity index (χ3v) is 4.83. The van der Waals surface area contributed by atoms with Gasteiger partial charge in [0.05, 0.1) is 0 Å². The second-order valence-corrected chi connectivity index (χ2v) is 7.27. The number of carboxylic acids is 1. The minimum absolute atomic E-state index is 0.179. The summed E-state index contributed by atoms with van der Waals surface area (Å²) in [4.78, 5) is 24.1. The van der Waals surface area contributed by atoms with Gasteiger partial charge in [-0.1, -0.05) is 70.4 Å². The summed E-state index contributed by atoms with van der Waals surface area (Å²) in [7, 11) is 2.77. The first kappa shape index (κ1) is 25.6. The molecule has 0 heterocycles. The van der Waals surface area contributed by atoms with Crippen LogP contribution in [0.2, 0.25) is 0 Å². The van der Waals surface area contributed by atoms with E-state index in [0.717, 1.165) is 30.6 Å². The van der Waals surface area contributed by atoms with Crippen LogP contribution < -0.4 is 0 Å². The molecule has 0 spiro atoms. The van der Waals surface area contributed by atoms with Crippen molar-refractivity contribution in [2.45, 2.75) is 103 Å². The molecule has 0 aliphatic carbocycles. The lowest BCUT2D eigenvalue weighted by atomic mass is 10.1. The van der Waals surface area contributed by atoms with Gasteiger partial charge in [-0.25, -0.2) is 4.79 Å². The molecule has 0 aliphatic heterocycles. The van der Waals surface area contributed by atoms with Crippen molar-refractivity contribution in [3.05, 3.63) is 12.2 Å². The first-order chi connectivity index (χ1) is 13.0. The SMILES string of the molecule is CCCCCCCC/C=C\CCCCCCCC(=O)N(C)C(OC)C(=O)O. The Morgan fingerprint density at radius 1 is 0.889 bits per heavy atom. The Hall–Kier alpha value is -1.36. The lowest BCUT2D eigenvalue weighted by Crippen LogP contribution is -2.43. The molecule has 5 nitrogen and oxygen atoms in total. The summed E-state index contributed by atoms with van der Waals surface area (Å²) in [5.41, 5.74) is 0. The van der Waals surface area contributed by atoms with Crippen molar-refractivity contribution in [1.82, 2.24) is 4.90 Å². The van der Waals surface area contributed by atoms with E-state index in [-0.39, 0.29) is 5.91 Å². The number of rotatable bonds is 18. The van der Waals surface area contributed by atoms with Crippen LogP contribution in [0.5, 0.6) is 0 Å². The van der Waals surface area contributed by atoms with Gasteiger partial charge in [-0.2, -0.15) is 0 Å². The van der Waals surface area contributed by atoms with Crippen LogP contribution in [0.15, 0.2) is 12.2 Å². The second-order valence-electron chi connectivity index (χ2n) is 7.27. The summed E-state index contributed by atoms with van der Waals surface area (Å²) < 4.78 is 4.82. The number of allylic oxidation sites excluding steroid dienone is 2. The quantitative estimate of drug-likeness (QED) is 0.192. The van der Waals surface area contributed by atoms with Crippen molar-refractivity contribution in [3.8, 4) is 0 Å². The number of hydrogen-bond acceptors (Lipinski definition) is 3. The number of likely N-dealkylation sites (N-methyl/N-ethyl adjacent to an activating group) is 1. The maximum absolute atomic E-state index is 12.0. The van der Waals surface area contributed by atoms with Crippen molar-refractivity contribution < 1.29 is 19.4 Å². The Kier molecular flexibility index (Phi) is 17.1. The summed E-state index contributed by atoms with van der Waals surface area (Å²) in [6, 6.07) is 0. The first-order valence-corrected chi connectivity index (χ1v) is 10.7. The number of carbonyl (C=O) groups excluding carboxylic acids is 1. The molecule has 0 saturated carbocycles. The number of carbonyl (C=O) groups is 2. The number of carboxylic acid groups (broad SMARTS) is 1. The second kappa shape index (κ2) is 18.0. The van der Waals surface area contributed by atoms with Gasteiger partial charge in [-0.15, -0.1) is 0 Å². The number of aliphatic carboxylic acids is 1. The van der Waals surface area contributed by atoms with Crippen LogP contribution in [-0.4, -0.2) is 42.3 Å². The molecule has 158 valence electrons. The van der Waals surface area contributed by atoms with Crippen molar-refractivity contribution >= 4 is 11.9 Å². The van der Waals surface area contributed by atoms with E-state index in [1.54, 1.807) is 0 Å². The lowest BCUT2D eigenvalue weighted by molar-refractivity contribution is -0.166. The van der Waals surface area contributed by atoms with Gasteiger partial charge < -0.3 is 14.7 Å². The fourth-order valence-corrected chi connectivity index (χ4v) is 3.08. The summed E-state index contributed by atoms with van der Waals surface area (Å²) in [6.45, 7) is 2.25. The maximum atomic E-state index is 12.0. The van der Waals surface area contributed by atoms with Crippen LogP contribution in [0.1, 0.15) is 96.8 Å². The van der Waals surface area contributed by atoms with Gasteiger partial charge in [-0.3, -0.25) is 4.79 Å². The number of hydrogen-bond donors (Lipinski definition) is 1. The van der Waals surface area contributed by atoms with Gasteiger partial charge in [0.15, 0.2) is 0 Å². The molecular formula is C22H41NO4. The third kappa shape index (κ3) is 14.4. The van der Waals surface area contributed by atoms with Crippen LogP contribution >= 0.6 is 0 Å². The molecule has 0 bridgehead atoms. The van der Waals surface area contributed by atoms with E-state index in [4.69, 9.17) is 9.84 Å². The minimum Gasteiger partial charge on any atom is -0.478 e. The van der Waals surface area contributed by atoms with Gasteiger partial charge in [0.25, 0.3) is 0 Å². The molecule has 0 rings (SSSR count). The summed E-state index contributed by atoms with van der Waals surface area (Å²) in [5, 5.41) is 8.97. The Morgan fingerprint density at radius 3 is 1.85 bits per heavy atom. The molecule has 0 aromatic carbocycles. The average molecular weight is 384 g/mol. The highest BCUT2D eigenvalue weighted by Crippen LogP contribution is 2.11. The van der Waals surface area contributed by atoms with E-state index >= 15 is 0 Å². The number of amides is 1. The molecule has 1 unspecified atom stereocenters. The predicted molar refractivity (Wildman–Crippen MR) is 111 cm³/mol. The number of unbranched alkanes of at least 4 members (excludes halogenated alkanes) is 11. The number of ether oxygens (including phenoxy) is 1. The molecule has 0 aromatic rings. The molecule has 0 fully saturated rings. The van der Waals surface area contributed by atoms with Crippen molar-refractivity contribution in [2.24, 2.45) is 0 Å². The molecule has 27 heavy (non-hydrogen) atoms. The van der Waals surface area contributed by atoms with Gasteiger partial charge in [0, 0.05) is 20.6 Å². The molecule has 1 atom stereocenters. The monoisotopic (exact) mass is 383 g/mol.